The van der Waals surface area contributed by atoms with E-state index in [0.29, 0.717) is 35.2 Å². The quantitative estimate of drug-likeness (QED) is 0.741. The SMILES string of the molecule is O=C(CN1CCC[C@@H]1C(=O)Nc1ccc(Cl)cc1Cl)NCc1ccc(F)cc1. The molecule has 148 valence electrons. The molecule has 1 fully saturated rings. The molecule has 0 bridgehead atoms. The molecular weight excluding hydrogens is 404 g/mol. The maximum Gasteiger partial charge on any atom is 0.241 e. The number of nitrogens with zero attached hydrogens (tertiary/aromatic N) is 1. The van der Waals surface area contributed by atoms with Crippen molar-refractivity contribution < 1.29 is 14.0 Å². The molecule has 0 saturated carbocycles. The van der Waals surface area contributed by atoms with Crippen LogP contribution in [0.25, 0.3) is 0 Å². The molecule has 2 N–H and O–H groups in total. The molecule has 1 saturated heterocycles. The zero-order chi connectivity index (χ0) is 20.1. The van der Waals surface area contributed by atoms with E-state index in [2.05, 4.69) is 10.6 Å². The van der Waals surface area contributed by atoms with Crippen LogP contribution >= 0.6 is 23.2 Å². The van der Waals surface area contributed by atoms with Crippen LogP contribution in [0.1, 0.15) is 18.4 Å². The molecule has 1 aliphatic heterocycles. The molecule has 2 amide bonds. The lowest BCUT2D eigenvalue weighted by molar-refractivity contribution is -0.125. The second kappa shape index (κ2) is 9.37. The normalized spacial score (nSPS) is 16.8. The van der Waals surface area contributed by atoms with Crippen LogP contribution in [0.5, 0.6) is 0 Å². The zero-order valence-electron chi connectivity index (χ0n) is 15.1. The van der Waals surface area contributed by atoms with Gasteiger partial charge in [-0.1, -0.05) is 35.3 Å². The fraction of sp³-hybridized carbons (Fsp3) is 0.300. The monoisotopic (exact) mass is 423 g/mol. The summed E-state index contributed by atoms with van der Waals surface area (Å²) in [6, 6.07) is 10.4. The summed E-state index contributed by atoms with van der Waals surface area (Å²) in [7, 11) is 0. The lowest BCUT2D eigenvalue weighted by Gasteiger charge is -2.23. The summed E-state index contributed by atoms with van der Waals surface area (Å²) in [5, 5.41) is 6.46. The van der Waals surface area contributed by atoms with E-state index in [9.17, 15) is 14.0 Å². The predicted molar refractivity (Wildman–Crippen MR) is 108 cm³/mol. The van der Waals surface area contributed by atoms with Crippen LogP contribution in [0.15, 0.2) is 42.5 Å². The minimum atomic E-state index is -0.400. The van der Waals surface area contributed by atoms with E-state index < -0.39 is 6.04 Å². The van der Waals surface area contributed by atoms with Gasteiger partial charge in [0, 0.05) is 11.6 Å². The number of carbonyl (C=O) groups excluding carboxylic acids is 2. The van der Waals surface area contributed by atoms with Crippen LogP contribution in [-0.4, -0.2) is 35.8 Å². The molecule has 1 atom stereocenters. The summed E-state index contributed by atoms with van der Waals surface area (Å²) in [4.78, 5) is 26.8. The lowest BCUT2D eigenvalue weighted by Crippen LogP contribution is -2.44. The van der Waals surface area contributed by atoms with E-state index in [-0.39, 0.29) is 24.2 Å². The Morgan fingerprint density at radius 1 is 1.14 bits per heavy atom. The van der Waals surface area contributed by atoms with E-state index in [0.717, 1.165) is 12.0 Å². The third-order valence-electron chi connectivity index (χ3n) is 4.60. The van der Waals surface area contributed by atoms with Crippen molar-refractivity contribution in [3.05, 3.63) is 63.9 Å². The smallest absolute Gasteiger partial charge is 0.241 e. The number of nitrogens with one attached hydrogen (secondary N) is 2. The van der Waals surface area contributed by atoms with Gasteiger partial charge >= 0.3 is 0 Å². The van der Waals surface area contributed by atoms with E-state index in [4.69, 9.17) is 23.2 Å². The molecule has 1 heterocycles. The molecule has 0 spiro atoms. The average molecular weight is 424 g/mol. The molecule has 0 radical (unpaired) electrons. The third-order valence-corrected chi connectivity index (χ3v) is 5.15. The molecule has 8 heteroatoms. The fourth-order valence-corrected chi connectivity index (χ4v) is 3.62. The number of anilines is 1. The molecule has 2 aromatic rings. The topological polar surface area (TPSA) is 61.4 Å². The number of rotatable bonds is 6. The molecule has 0 aliphatic carbocycles. The Hall–Kier alpha value is -2.15. The molecule has 0 aromatic heterocycles. The van der Waals surface area contributed by atoms with E-state index in [1.165, 1.54) is 12.1 Å². The second-order valence-corrected chi connectivity index (χ2v) is 7.49. The number of carbonyl (C=O) groups is 2. The number of halogens is 3. The Morgan fingerprint density at radius 3 is 2.61 bits per heavy atom. The van der Waals surface area contributed by atoms with Gasteiger partial charge in [-0.3, -0.25) is 14.5 Å². The Morgan fingerprint density at radius 2 is 1.89 bits per heavy atom. The number of benzene rings is 2. The number of amides is 2. The maximum absolute atomic E-state index is 12.9. The van der Waals surface area contributed by atoms with Crippen LogP contribution in [0, 0.1) is 5.82 Å². The highest BCUT2D eigenvalue weighted by atomic mass is 35.5. The largest absolute Gasteiger partial charge is 0.351 e. The minimum absolute atomic E-state index is 0.119. The van der Waals surface area contributed by atoms with Crippen molar-refractivity contribution in [2.24, 2.45) is 0 Å². The molecule has 28 heavy (non-hydrogen) atoms. The van der Waals surface area contributed by atoms with Gasteiger partial charge in [0.25, 0.3) is 0 Å². The van der Waals surface area contributed by atoms with Gasteiger partial charge in [0.15, 0.2) is 0 Å². The first-order valence-electron chi connectivity index (χ1n) is 8.93. The zero-order valence-corrected chi connectivity index (χ0v) is 16.6. The van der Waals surface area contributed by atoms with Crippen LogP contribution in [-0.2, 0) is 16.1 Å². The molecule has 2 aromatic carbocycles. The van der Waals surface area contributed by atoms with Crippen molar-refractivity contribution in [1.29, 1.82) is 0 Å². The number of likely N-dealkylation sites (tertiary alicyclic amines) is 1. The highest BCUT2D eigenvalue weighted by molar-refractivity contribution is 6.36. The van der Waals surface area contributed by atoms with Crippen molar-refractivity contribution in [1.82, 2.24) is 10.2 Å². The highest BCUT2D eigenvalue weighted by Crippen LogP contribution is 2.26. The summed E-state index contributed by atoms with van der Waals surface area (Å²) >= 11 is 12.0. The summed E-state index contributed by atoms with van der Waals surface area (Å²) in [5.74, 6) is -0.705. The molecule has 3 rings (SSSR count). The van der Waals surface area contributed by atoms with Crippen molar-refractivity contribution in [3.8, 4) is 0 Å². The second-order valence-electron chi connectivity index (χ2n) is 6.65. The average Bonchev–Trinajstić information content (AvgIpc) is 3.11. The molecule has 0 unspecified atom stereocenters. The molecule has 1 aliphatic rings. The first kappa shape index (κ1) is 20.6. The summed E-state index contributed by atoms with van der Waals surface area (Å²) in [6.45, 7) is 1.09. The Bertz CT molecular complexity index is 861. The summed E-state index contributed by atoms with van der Waals surface area (Å²) in [6.07, 6.45) is 1.50. The van der Waals surface area contributed by atoms with E-state index in [1.807, 2.05) is 4.90 Å². The Labute approximate surface area is 172 Å². The van der Waals surface area contributed by atoms with Gasteiger partial charge in [-0.2, -0.15) is 0 Å². The standard InChI is InChI=1S/C20H20Cl2FN3O2/c21-14-5-8-17(16(22)10-14)25-20(28)18-2-1-9-26(18)12-19(27)24-11-13-3-6-15(23)7-4-13/h3-8,10,18H,1-2,9,11-12H2,(H,24,27)(H,25,28)/t18-/m1/s1. The van der Waals surface area contributed by atoms with Crippen molar-refractivity contribution >= 4 is 40.7 Å². The Kier molecular flexibility index (Phi) is 6.88. The van der Waals surface area contributed by atoms with Crippen molar-refractivity contribution in [2.75, 3.05) is 18.4 Å². The van der Waals surface area contributed by atoms with Gasteiger partial charge in [-0.05, 0) is 55.3 Å². The third kappa shape index (κ3) is 5.44. The summed E-state index contributed by atoms with van der Waals surface area (Å²) in [5.41, 5.74) is 1.30. The van der Waals surface area contributed by atoms with E-state index >= 15 is 0 Å². The molecular formula is C20H20Cl2FN3O2. The van der Waals surface area contributed by atoms with Crippen LogP contribution in [0.2, 0.25) is 10.0 Å². The molecule has 5 nitrogen and oxygen atoms in total. The highest BCUT2D eigenvalue weighted by Gasteiger charge is 2.32. The lowest BCUT2D eigenvalue weighted by atomic mass is 10.2. The van der Waals surface area contributed by atoms with Gasteiger partial charge in [-0.25, -0.2) is 4.39 Å². The van der Waals surface area contributed by atoms with Crippen LogP contribution in [0.3, 0.4) is 0 Å². The van der Waals surface area contributed by atoms with Crippen LogP contribution in [0.4, 0.5) is 10.1 Å². The van der Waals surface area contributed by atoms with Gasteiger partial charge in [0.1, 0.15) is 5.82 Å². The minimum Gasteiger partial charge on any atom is -0.351 e. The Balaban J connectivity index is 1.53. The van der Waals surface area contributed by atoms with E-state index in [1.54, 1.807) is 30.3 Å². The summed E-state index contributed by atoms with van der Waals surface area (Å²) < 4.78 is 12.9. The maximum atomic E-state index is 12.9. The number of hydrogen-bond acceptors (Lipinski definition) is 3. The van der Waals surface area contributed by atoms with Gasteiger partial charge in [0.2, 0.25) is 11.8 Å². The van der Waals surface area contributed by atoms with Gasteiger partial charge < -0.3 is 10.6 Å². The predicted octanol–water partition coefficient (Wildman–Crippen LogP) is 3.85. The van der Waals surface area contributed by atoms with Crippen molar-refractivity contribution in [2.45, 2.75) is 25.4 Å². The fourth-order valence-electron chi connectivity index (χ4n) is 3.16. The van der Waals surface area contributed by atoms with Crippen LogP contribution < -0.4 is 10.6 Å². The van der Waals surface area contributed by atoms with Gasteiger partial charge in [-0.15, -0.1) is 0 Å². The first-order valence-corrected chi connectivity index (χ1v) is 9.69. The number of hydrogen-bond donors (Lipinski definition) is 2. The van der Waals surface area contributed by atoms with Gasteiger partial charge in [0.05, 0.1) is 23.3 Å². The first-order chi connectivity index (χ1) is 13.4. The van der Waals surface area contributed by atoms with Crippen molar-refractivity contribution in [3.63, 3.8) is 0 Å².